The minimum absolute atomic E-state index is 0.287. The van der Waals surface area contributed by atoms with Gasteiger partial charge in [0, 0.05) is 23.1 Å². The van der Waals surface area contributed by atoms with Gasteiger partial charge in [0.25, 0.3) is 0 Å². The first-order valence-electron chi connectivity index (χ1n) is 7.84. The maximum absolute atomic E-state index is 10.6. The van der Waals surface area contributed by atoms with Crippen LogP contribution in [0.5, 0.6) is 5.75 Å². The number of amides is 1. The summed E-state index contributed by atoms with van der Waals surface area (Å²) in [6, 6.07) is 6.06. The zero-order valence-corrected chi connectivity index (χ0v) is 14.6. The Morgan fingerprint density at radius 1 is 1.32 bits per heavy atom. The SMILES string of the molecule is Cc1c(Br)cccc1OC1CCC(COCCC(N)=O)CC1. The van der Waals surface area contributed by atoms with Crippen LogP contribution in [0.3, 0.4) is 0 Å². The van der Waals surface area contributed by atoms with Crippen LogP contribution in [0.2, 0.25) is 0 Å². The standard InChI is InChI=1S/C17H24BrNO3/c1-12-15(18)3-2-4-16(12)22-14-7-5-13(6-8-14)11-21-10-9-17(19)20/h2-4,13-14H,5-11H2,1H3,(H2,19,20). The number of nitrogens with two attached hydrogens (primary N) is 1. The van der Waals surface area contributed by atoms with Crippen molar-refractivity contribution in [1.82, 2.24) is 0 Å². The number of carbonyl (C=O) groups is 1. The van der Waals surface area contributed by atoms with E-state index in [0.717, 1.165) is 48.1 Å². The van der Waals surface area contributed by atoms with Gasteiger partial charge in [-0.25, -0.2) is 0 Å². The van der Waals surface area contributed by atoms with E-state index in [2.05, 4.69) is 22.9 Å². The second-order valence-corrected chi connectivity index (χ2v) is 6.77. The van der Waals surface area contributed by atoms with E-state index < -0.39 is 0 Å². The van der Waals surface area contributed by atoms with E-state index in [4.69, 9.17) is 15.2 Å². The number of halogens is 1. The fourth-order valence-electron chi connectivity index (χ4n) is 2.73. The maximum atomic E-state index is 10.6. The van der Waals surface area contributed by atoms with Crippen molar-refractivity contribution in [3.05, 3.63) is 28.2 Å². The van der Waals surface area contributed by atoms with Gasteiger partial charge in [-0.05, 0) is 50.7 Å². The predicted octanol–water partition coefficient (Wildman–Crippen LogP) is 3.59. The maximum Gasteiger partial charge on any atom is 0.219 e. The van der Waals surface area contributed by atoms with E-state index in [1.165, 1.54) is 0 Å². The van der Waals surface area contributed by atoms with Gasteiger partial charge in [0.15, 0.2) is 0 Å². The molecule has 1 aromatic carbocycles. The van der Waals surface area contributed by atoms with Gasteiger partial charge in [0.2, 0.25) is 5.91 Å². The van der Waals surface area contributed by atoms with Crippen LogP contribution in [-0.2, 0) is 9.53 Å². The van der Waals surface area contributed by atoms with Crippen molar-refractivity contribution in [2.24, 2.45) is 11.7 Å². The highest BCUT2D eigenvalue weighted by Crippen LogP contribution is 2.31. The molecule has 4 nitrogen and oxygen atoms in total. The smallest absolute Gasteiger partial charge is 0.219 e. The van der Waals surface area contributed by atoms with E-state index in [1.54, 1.807) is 0 Å². The van der Waals surface area contributed by atoms with Gasteiger partial charge in [0.05, 0.1) is 12.7 Å². The lowest BCUT2D eigenvalue weighted by atomic mass is 9.88. The van der Waals surface area contributed by atoms with E-state index in [0.29, 0.717) is 18.9 Å². The molecule has 0 saturated heterocycles. The van der Waals surface area contributed by atoms with Crippen molar-refractivity contribution in [2.75, 3.05) is 13.2 Å². The molecule has 0 spiro atoms. The molecule has 0 aliphatic heterocycles. The number of primary amides is 1. The zero-order chi connectivity index (χ0) is 15.9. The van der Waals surface area contributed by atoms with Gasteiger partial charge in [-0.3, -0.25) is 4.79 Å². The van der Waals surface area contributed by atoms with Crippen LogP contribution >= 0.6 is 15.9 Å². The monoisotopic (exact) mass is 369 g/mol. The van der Waals surface area contributed by atoms with Crippen LogP contribution in [0.25, 0.3) is 0 Å². The first-order valence-corrected chi connectivity index (χ1v) is 8.63. The van der Waals surface area contributed by atoms with Crippen molar-refractivity contribution in [2.45, 2.75) is 45.1 Å². The molecule has 1 saturated carbocycles. The third-order valence-corrected chi connectivity index (χ3v) is 5.01. The Morgan fingerprint density at radius 3 is 2.73 bits per heavy atom. The van der Waals surface area contributed by atoms with Crippen LogP contribution in [0.1, 0.15) is 37.7 Å². The number of hydrogen-bond donors (Lipinski definition) is 1. The molecule has 1 fully saturated rings. The molecule has 2 N–H and O–H groups in total. The molecule has 122 valence electrons. The lowest BCUT2D eigenvalue weighted by Crippen LogP contribution is -2.26. The van der Waals surface area contributed by atoms with Gasteiger partial charge < -0.3 is 15.2 Å². The average molecular weight is 370 g/mol. The van der Waals surface area contributed by atoms with Crippen molar-refractivity contribution in [3.8, 4) is 5.75 Å². The second-order valence-electron chi connectivity index (χ2n) is 5.91. The first kappa shape index (κ1) is 17.3. The highest BCUT2D eigenvalue weighted by Gasteiger charge is 2.23. The molecule has 1 aromatic rings. The predicted molar refractivity (Wildman–Crippen MR) is 89.9 cm³/mol. The molecule has 22 heavy (non-hydrogen) atoms. The Morgan fingerprint density at radius 2 is 2.05 bits per heavy atom. The Bertz CT molecular complexity index is 499. The summed E-state index contributed by atoms with van der Waals surface area (Å²) in [5.74, 6) is 1.23. The Kier molecular flexibility index (Phi) is 6.70. The summed E-state index contributed by atoms with van der Waals surface area (Å²) in [4.78, 5) is 10.6. The quantitative estimate of drug-likeness (QED) is 0.747. The van der Waals surface area contributed by atoms with E-state index in [-0.39, 0.29) is 12.0 Å². The molecule has 0 aromatic heterocycles. The fourth-order valence-corrected chi connectivity index (χ4v) is 3.08. The van der Waals surface area contributed by atoms with Crippen molar-refractivity contribution in [1.29, 1.82) is 0 Å². The molecule has 1 aliphatic carbocycles. The van der Waals surface area contributed by atoms with Crippen molar-refractivity contribution in [3.63, 3.8) is 0 Å². The Labute approximate surface area is 140 Å². The second kappa shape index (κ2) is 8.53. The van der Waals surface area contributed by atoms with Crippen LogP contribution in [0, 0.1) is 12.8 Å². The molecule has 0 heterocycles. The number of benzene rings is 1. The van der Waals surface area contributed by atoms with E-state index in [1.807, 2.05) is 18.2 Å². The molecular weight excluding hydrogens is 346 g/mol. The number of carbonyl (C=O) groups excluding carboxylic acids is 1. The van der Waals surface area contributed by atoms with Crippen LogP contribution < -0.4 is 10.5 Å². The fraction of sp³-hybridized carbons (Fsp3) is 0.588. The number of ether oxygens (including phenoxy) is 2. The highest BCUT2D eigenvalue weighted by molar-refractivity contribution is 9.10. The molecule has 0 unspecified atom stereocenters. The van der Waals surface area contributed by atoms with Crippen molar-refractivity contribution >= 4 is 21.8 Å². The van der Waals surface area contributed by atoms with Gasteiger partial charge >= 0.3 is 0 Å². The summed E-state index contributed by atoms with van der Waals surface area (Å²) >= 11 is 3.54. The molecule has 1 amide bonds. The lowest BCUT2D eigenvalue weighted by Gasteiger charge is -2.29. The first-order chi connectivity index (χ1) is 10.6. The van der Waals surface area contributed by atoms with Gasteiger partial charge in [0.1, 0.15) is 5.75 Å². The minimum Gasteiger partial charge on any atom is -0.490 e. The summed E-state index contributed by atoms with van der Waals surface area (Å²) in [5, 5.41) is 0. The van der Waals surface area contributed by atoms with E-state index in [9.17, 15) is 4.79 Å². The van der Waals surface area contributed by atoms with Crippen LogP contribution in [0.15, 0.2) is 22.7 Å². The molecule has 0 atom stereocenters. The zero-order valence-electron chi connectivity index (χ0n) is 13.0. The molecule has 5 heteroatoms. The normalized spacial score (nSPS) is 21.5. The largest absolute Gasteiger partial charge is 0.490 e. The molecular formula is C17H24BrNO3. The summed E-state index contributed by atoms with van der Waals surface area (Å²) in [5.41, 5.74) is 6.24. The van der Waals surface area contributed by atoms with Crippen LogP contribution in [0.4, 0.5) is 0 Å². The molecule has 0 radical (unpaired) electrons. The third-order valence-electron chi connectivity index (χ3n) is 4.15. The highest BCUT2D eigenvalue weighted by atomic mass is 79.9. The summed E-state index contributed by atoms with van der Waals surface area (Å²) < 4.78 is 12.7. The molecule has 1 aliphatic rings. The Hall–Kier alpha value is -1.07. The Balaban J connectivity index is 1.71. The molecule has 2 rings (SSSR count). The van der Waals surface area contributed by atoms with Crippen molar-refractivity contribution < 1.29 is 14.3 Å². The molecule has 0 bridgehead atoms. The van der Waals surface area contributed by atoms with Gasteiger partial charge in [-0.1, -0.05) is 22.0 Å². The number of hydrogen-bond acceptors (Lipinski definition) is 3. The third kappa shape index (κ3) is 5.29. The van der Waals surface area contributed by atoms with E-state index >= 15 is 0 Å². The number of rotatable bonds is 7. The summed E-state index contributed by atoms with van der Waals surface area (Å²) in [7, 11) is 0. The minimum atomic E-state index is -0.304. The lowest BCUT2D eigenvalue weighted by molar-refractivity contribution is -0.119. The van der Waals surface area contributed by atoms with Gasteiger partial charge in [-0.2, -0.15) is 0 Å². The average Bonchev–Trinajstić information content (AvgIpc) is 2.50. The topological polar surface area (TPSA) is 61.6 Å². The summed E-state index contributed by atoms with van der Waals surface area (Å²) in [6.45, 7) is 3.22. The summed E-state index contributed by atoms with van der Waals surface area (Å²) in [6.07, 6.45) is 4.91. The van der Waals surface area contributed by atoms with Gasteiger partial charge in [-0.15, -0.1) is 0 Å². The van der Waals surface area contributed by atoms with Crippen LogP contribution in [-0.4, -0.2) is 25.2 Å².